The van der Waals surface area contributed by atoms with Crippen LogP contribution in [0.15, 0.2) is 23.6 Å². The van der Waals surface area contributed by atoms with Gasteiger partial charge in [-0.2, -0.15) is 0 Å². The van der Waals surface area contributed by atoms with E-state index in [1.54, 1.807) is 30.4 Å². The third-order valence-corrected chi connectivity index (χ3v) is 2.21. The van der Waals surface area contributed by atoms with Crippen LogP contribution in [0.5, 0.6) is 0 Å². The summed E-state index contributed by atoms with van der Waals surface area (Å²) < 4.78 is 0. The minimum atomic E-state index is 0.626. The van der Waals surface area contributed by atoms with Gasteiger partial charge < -0.3 is 5.32 Å². The Morgan fingerprint density at radius 3 is 3.15 bits per heavy atom. The number of hydrogen-bond donors (Lipinski definition) is 1. The SMILES string of the molecule is C#CCNCCSc1cnccn1. The van der Waals surface area contributed by atoms with E-state index >= 15 is 0 Å². The van der Waals surface area contributed by atoms with E-state index in [-0.39, 0.29) is 0 Å². The maximum absolute atomic E-state index is 5.08. The smallest absolute Gasteiger partial charge is 0.114 e. The van der Waals surface area contributed by atoms with Gasteiger partial charge in [0.1, 0.15) is 5.03 Å². The van der Waals surface area contributed by atoms with Crippen LogP contribution in [0.4, 0.5) is 0 Å². The van der Waals surface area contributed by atoms with E-state index in [0.29, 0.717) is 6.54 Å². The molecule has 0 radical (unpaired) electrons. The van der Waals surface area contributed by atoms with Gasteiger partial charge in [0.15, 0.2) is 0 Å². The van der Waals surface area contributed by atoms with E-state index < -0.39 is 0 Å². The van der Waals surface area contributed by atoms with Crippen molar-refractivity contribution < 1.29 is 0 Å². The molecular weight excluding hydrogens is 182 g/mol. The van der Waals surface area contributed by atoms with Crippen molar-refractivity contribution >= 4 is 11.8 Å². The van der Waals surface area contributed by atoms with Crippen LogP contribution in [-0.4, -0.2) is 28.8 Å². The number of hydrogen-bond acceptors (Lipinski definition) is 4. The molecule has 0 bridgehead atoms. The Kier molecular flexibility index (Phi) is 4.99. The van der Waals surface area contributed by atoms with Crippen LogP contribution in [0.25, 0.3) is 0 Å². The Morgan fingerprint density at radius 1 is 1.54 bits per heavy atom. The predicted molar refractivity (Wildman–Crippen MR) is 54.5 cm³/mol. The Morgan fingerprint density at radius 2 is 2.46 bits per heavy atom. The topological polar surface area (TPSA) is 37.8 Å². The number of rotatable bonds is 5. The first-order valence-electron chi connectivity index (χ1n) is 3.96. The zero-order chi connectivity index (χ0) is 9.36. The number of terminal acetylenes is 1. The van der Waals surface area contributed by atoms with Crippen molar-refractivity contribution in [2.24, 2.45) is 0 Å². The molecular formula is C9H11N3S. The zero-order valence-corrected chi connectivity index (χ0v) is 8.05. The predicted octanol–water partition coefficient (Wildman–Crippen LogP) is 0.791. The van der Waals surface area contributed by atoms with E-state index in [1.165, 1.54) is 0 Å². The summed E-state index contributed by atoms with van der Waals surface area (Å²) >= 11 is 1.67. The van der Waals surface area contributed by atoms with Crippen molar-refractivity contribution in [2.75, 3.05) is 18.8 Å². The van der Waals surface area contributed by atoms with Crippen LogP contribution in [0.3, 0.4) is 0 Å². The zero-order valence-electron chi connectivity index (χ0n) is 7.23. The van der Waals surface area contributed by atoms with Gasteiger partial charge in [-0.3, -0.25) is 4.98 Å². The van der Waals surface area contributed by atoms with E-state index in [1.807, 2.05) is 0 Å². The molecule has 68 valence electrons. The lowest BCUT2D eigenvalue weighted by Crippen LogP contribution is -2.16. The second-order valence-electron chi connectivity index (χ2n) is 2.27. The third kappa shape index (κ3) is 4.51. The minimum Gasteiger partial charge on any atom is -0.305 e. The van der Waals surface area contributed by atoms with Crippen molar-refractivity contribution in [2.45, 2.75) is 5.03 Å². The van der Waals surface area contributed by atoms with Gasteiger partial charge in [0, 0.05) is 24.7 Å². The van der Waals surface area contributed by atoms with Gasteiger partial charge in [0.25, 0.3) is 0 Å². The first-order chi connectivity index (χ1) is 6.43. The fourth-order valence-corrected chi connectivity index (χ4v) is 1.47. The monoisotopic (exact) mass is 193 g/mol. The molecule has 3 nitrogen and oxygen atoms in total. The molecule has 4 heteroatoms. The summed E-state index contributed by atoms with van der Waals surface area (Å²) in [5.41, 5.74) is 0. The molecule has 1 aromatic heterocycles. The van der Waals surface area contributed by atoms with E-state index in [0.717, 1.165) is 17.3 Å². The highest BCUT2D eigenvalue weighted by molar-refractivity contribution is 7.99. The second-order valence-corrected chi connectivity index (χ2v) is 3.39. The molecule has 0 aliphatic rings. The van der Waals surface area contributed by atoms with E-state index in [2.05, 4.69) is 21.2 Å². The number of nitrogens with zero attached hydrogens (tertiary/aromatic N) is 2. The molecule has 0 fully saturated rings. The van der Waals surface area contributed by atoms with Gasteiger partial charge in [0.2, 0.25) is 0 Å². The lowest BCUT2D eigenvalue weighted by Gasteiger charge is -1.99. The van der Waals surface area contributed by atoms with Crippen molar-refractivity contribution in [1.29, 1.82) is 0 Å². The highest BCUT2D eigenvalue weighted by atomic mass is 32.2. The van der Waals surface area contributed by atoms with Crippen LogP contribution < -0.4 is 5.32 Å². The molecule has 1 heterocycles. The fraction of sp³-hybridized carbons (Fsp3) is 0.333. The summed E-state index contributed by atoms with van der Waals surface area (Å²) in [5.74, 6) is 3.48. The molecule has 1 N–H and O–H groups in total. The van der Waals surface area contributed by atoms with Crippen molar-refractivity contribution in [3.8, 4) is 12.3 Å². The van der Waals surface area contributed by atoms with Crippen LogP contribution in [0.1, 0.15) is 0 Å². The Balaban J connectivity index is 2.11. The molecule has 0 saturated heterocycles. The van der Waals surface area contributed by atoms with E-state index in [4.69, 9.17) is 6.42 Å². The van der Waals surface area contributed by atoms with Crippen LogP contribution in [0.2, 0.25) is 0 Å². The van der Waals surface area contributed by atoms with Crippen LogP contribution in [-0.2, 0) is 0 Å². The second kappa shape index (κ2) is 6.46. The van der Waals surface area contributed by atoms with Crippen molar-refractivity contribution in [1.82, 2.24) is 15.3 Å². The first kappa shape index (κ1) is 10.0. The lowest BCUT2D eigenvalue weighted by atomic mass is 10.6. The molecule has 0 aromatic carbocycles. The molecule has 0 unspecified atom stereocenters. The Hall–Kier alpha value is -1.05. The molecule has 1 rings (SSSR count). The molecule has 1 aromatic rings. The number of nitrogens with one attached hydrogen (secondary N) is 1. The fourth-order valence-electron chi connectivity index (χ4n) is 0.748. The molecule has 0 aliphatic carbocycles. The summed E-state index contributed by atoms with van der Waals surface area (Å²) in [6.45, 7) is 1.52. The van der Waals surface area contributed by atoms with Crippen LogP contribution in [0, 0.1) is 12.3 Å². The third-order valence-electron chi connectivity index (χ3n) is 1.30. The molecule has 0 aliphatic heterocycles. The van der Waals surface area contributed by atoms with Gasteiger partial charge in [0.05, 0.1) is 12.7 Å². The summed E-state index contributed by atoms with van der Waals surface area (Å²) in [5, 5.41) is 4.05. The quantitative estimate of drug-likeness (QED) is 0.426. The maximum atomic E-state index is 5.08. The Bertz CT molecular complexity index is 268. The minimum absolute atomic E-state index is 0.626. The molecule has 0 saturated carbocycles. The van der Waals surface area contributed by atoms with E-state index in [9.17, 15) is 0 Å². The summed E-state index contributed by atoms with van der Waals surface area (Å²) in [6.07, 6.45) is 10.2. The van der Waals surface area contributed by atoms with Gasteiger partial charge in [-0.1, -0.05) is 5.92 Å². The summed E-state index contributed by atoms with van der Waals surface area (Å²) in [6, 6.07) is 0. The molecule has 13 heavy (non-hydrogen) atoms. The molecule has 0 amide bonds. The molecule has 0 atom stereocenters. The highest BCUT2D eigenvalue weighted by Crippen LogP contribution is 2.10. The van der Waals surface area contributed by atoms with Gasteiger partial charge in [-0.15, -0.1) is 18.2 Å². The van der Waals surface area contributed by atoms with Crippen LogP contribution >= 0.6 is 11.8 Å². The normalized spacial score (nSPS) is 9.46. The van der Waals surface area contributed by atoms with Gasteiger partial charge in [-0.05, 0) is 0 Å². The summed E-state index contributed by atoms with van der Waals surface area (Å²) in [4.78, 5) is 8.09. The van der Waals surface area contributed by atoms with Crippen molar-refractivity contribution in [3.63, 3.8) is 0 Å². The highest BCUT2D eigenvalue weighted by Gasteiger charge is 1.92. The summed E-state index contributed by atoms with van der Waals surface area (Å²) in [7, 11) is 0. The average Bonchev–Trinajstić information content (AvgIpc) is 2.19. The maximum Gasteiger partial charge on any atom is 0.114 e. The lowest BCUT2D eigenvalue weighted by molar-refractivity contribution is 0.817. The number of thioether (sulfide) groups is 1. The van der Waals surface area contributed by atoms with Crippen molar-refractivity contribution in [3.05, 3.63) is 18.6 Å². The Labute approximate surface area is 82.4 Å². The van der Waals surface area contributed by atoms with Gasteiger partial charge >= 0.3 is 0 Å². The standard InChI is InChI=1S/C9H11N3S/c1-2-3-10-6-7-13-9-8-11-4-5-12-9/h1,4-5,8,10H,3,6-7H2. The largest absolute Gasteiger partial charge is 0.305 e. The average molecular weight is 193 g/mol. The van der Waals surface area contributed by atoms with Gasteiger partial charge in [-0.25, -0.2) is 4.98 Å². The number of aromatic nitrogens is 2. The molecule has 0 spiro atoms. The first-order valence-corrected chi connectivity index (χ1v) is 4.95.